The van der Waals surface area contributed by atoms with Gasteiger partial charge in [0.05, 0.1) is 6.61 Å². The number of ketones is 1. The SMILES string of the molecule is O=C1NC(=O)C2(N1)C(=C(O)c1ccc(Cl)cc1)C(=O)C(=O)N2CCO. The number of carbonyl (C=O) groups excluding carboxylic acids is 4. The van der Waals surface area contributed by atoms with Crippen molar-refractivity contribution in [3.63, 3.8) is 0 Å². The molecule has 4 N–H and O–H groups in total. The first-order valence-corrected chi connectivity index (χ1v) is 7.51. The smallest absolute Gasteiger partial charge is 0.324 e. The molecule has 2 aliphatic rings. The number of halogens is 1. The number of imide groups is 1. The fourth-order valence-corrected chi connectivity index (χ4v) is 3.02. The van der Waals surface area contributed by atoms with Gasteiger partial charge in [-0.3, -0.25) is 24.6 Å². The molecule has 0 aliphatic carbocycles. The summed E-state index contributed by atoms with van der Waals surface area (Å²) in [7, 11) is 0. The number of aliphatic hydroxyl groups excluding tert-OH is 2. The van der Waals surface area contributed by atoms with Crippen molar-refractivity contribution in [3.05, 3.63) is 40.4 Å². The number of carbonyl (C=O) groups is 4. The quantitative estimate of drug-likeness (QED) is 0.248. The maximum absolute atomic E-state index is 12.4. The van der Waals surface area contributed by atoms with Crippen molar-refractivity contribution in [1.29, 1.82) is 0 Å². The van der Waals surface area contributed by atoms with Crippen LogP contribution in [0.5, 0.6) is 0 Å². The second-order valence-electron chi connectivity index (χ2n) is 5.36. The lowest BCUT2D eigenvalue weighted by atomic mass is 9.95. The number of benzene rings is 1. The van der Waals surface area contributed by atoms with Crippen molar-refractivity contribution < 1.29 is 29.4 Å². The van der Waals surface area contributed by atoms with Crippen molar-refractivity contribution in [2.24, 2.45) is 0 Å². The minimum absolute atomic E-state index is 0.125. The maximum Gasteiger partial charge on any atom is 0.324 e. The number of aliphatic hydroxyl groups is 2. The van der Waals surface area contributed by atoms with Gasteiger partial charge in [-0.05, 0) is 24.3 Å². The third-order valence-corrected chi connectivity index (χ3v) is 4.21. The van der Waals surface area contributed by atoms with Crippen molar-refractivity contribution in [2.45, 2.75) is 5.66 Å². The fraction of sp³-hybridized carbons (Fsp3) is 0.200. The van der Waals surface area contributed by atoms with Crippen LogP contribution < -0.4 is 10.6 Å². The zero-order chi connectivity index (χ0) is 18.4. The number of nitrogens with one attached hydrogen (secondary N) is 2. The van der Waals surface area contributed by atoms with Gasteiger partial charge < -0.3 is 15.5 Å². The second-order valence-corrected chi connectivity index (χ2v) is 5.80. The number of β-amino-alcohol motifs (C(OH)–C–C–N with tert-alkyl or cyclic N) is 1. The molecule has 1 aromatic carbocycles. The van der Waals surface area contributed by atoms with Crippen LogP contribution in [0.3, 0.4) is 0 Å². The summed E-state index contributed by atoms with van der Waals surface area (Å²) in [6, 6.07) is 4.73. The minimum Gasteiger partial charge on any atom is -0.507 e. The molecule has 10 heteroatoms. The Labute approximate surface area is 145 Å². The summed E-state index contributed by atoms with van der Waals surface area (Å²) in [5, 5.41) is 24.2. The van der Waals surface area contributed by atoms with E-state index >= 15 is 0 Å². The topological polar surface area (TPSA) is 136 Å². The van der Waals surface area contributed by atoms with Gasteiger partial charge in [0.1, 0.15) is 11.3 Å². The van der Waals surface area contributed by atoms with Crippen molar-refractivity contribution in [1.82, 2.24) is 15.5 Å². The van der Waals surface area contributed by atoms with E-state index in [1.807, 2.05) is 5.32 Å². The highest BCUT2D eigenvalue weighted by Gasteiger charge is 2.65. The van der Waals surface area contributed by atoms with E-state index < -0.39 is 53.8 Å². The van der Waals surface area contributed by atoms with Gasteiger partial charge in [-0.1, -0.05) is 11.6 Å². The van der Waals surface area contributed by atoms with E-state index in [2.05, 4.69) is 5.32 Å². The van der Waals surface area contributed by atoms with Gasteiger partial charge >= 0.3 is 6.03 Å². The summed E-state index contributed by atoms with van der Waals surface area (Å²) in [5.41, 5.74) is -2.67. The minimum atomic E-state index is -2.21. The lowest BCUT2D eigenvalue weighted by molar-refractivity contribution is -0.144. The lowest BCUT2D eigenvalue weighted by Gasteiger charge is -2.31. The monoisotopic (exact) mass is 365 g/mol. The van der Waals surface area contributed by atoms with Gasteiger partial charge in [-0.25, -0.2) is 4.79 Å². The predicted molar refractivity (Wildman–Crippen MR) is 84.2 cm³/mol. The Bertz CT molecular complexity index is 834. The maximum atomic E-state index is 12.4. The number of hydrogen-bond donors (Lipinski definition) is 4. The van der Waals surface area contributed by atoms with Crippen molar-refractivity contribution in [3.8, 4) is 0 Å². The summed E-state index contributed by atoms with van der Waals surface area (Å²) in [4.78, 5) is 49.5. The van der Waals surface area contributed by atoms with Gasteiger partial charge in [0.25, 0.3) is 17.6 Å². The Morgan fingerprint density at radius 3 is 2.32 bits per heavy atom. The molecule has 1 atom stereocenters. The zero-order valence-electron chi connectivity index (χ0n) is 12.6. The molecular weight excluding hydrogens is 354 g/mol. The molecule has 4 amide bonds. The molecule has 1 unspecified atom stereocenters. The third-order valence-electron chi connectivity index (χ3n) is 3.96. The molecule has 130 valence electrons. The molecule has 2 saturated heterocycles. The number of nitrogens with zero attached hydrogens (tertiary/aromatic N) is 1. The summed E-state index contributed by atoms with van der Waals surface area (Å²) in [5.74, 6) is -3.92. The molecule has 0 saturated carbocycles. The van der Waals surface area contributed by atoms with E-state index in [0.717, 1.165) is 4.90 Å². The number of likely N-dealkylation sites (tertiary alicyclic amines) is 1. The van der Waals surface area contributed by atoms with E-state index in [9.17, 15) is 24.3 Å². The molecular formula is C15H12ClN3O6. The molecule has 3 rings (SSSR count). The van der Waals surface area contributed by atoms with Gasteiger partial charge in [-0.2, -0.15) is 0 Å². The average Bonchev–Trinajstić information content (AvgIpc) is 2.97. The Balaban J connectivity index is 2.25. The first-order valence-electron chi connectivity index (χ1n) is 7.13. The number of rotatable bonds is 3. The van der Waals surface area contributed by atoms with Gasteiger partial charge in [0, 0.05) is 17.1 Å². The van der Waals surface area contributed by atoms with Crippen molar-refractivity contribution >= 4 is 41.0 Å². The molecule has 1 aromatic rings. The highest BCUT2D eigenvalue weighted by molar-refractivity contribution is 6.49. The van der Waals surface area contributed by atoms with Crippen LogP contribution in [0.25, 0.3) is 5.76 Å². The van der Waals surface area contributed by atoms with Crippen LogP contribution in [0.15, 0.2) is 29.8 Å². The van der Waals surface area contributed by atoms with Gasteiger partial charge in [0.2, 0.25) is 5.66 Å². The molecule has 1 spiro atoms. The van der Waals surface area contributed by atoms with E-state index in [4.69, 9.17) is 16.7 Å². The van der Waals surface area contributed by atoms with Crippen LogP contribution in [-0.2, 0) is 14.4 Å². The first kappa shape index (κ1) is 16.9. The van der Waals surface area contributed by atoms with Gasteiger partial charge in [-0.15, -0.1) is 0 Å². The third kappa shape index (κ3) is 2.36. The summed E-state index contributed by atoms with van der Waals surface area (Å²) in [6.45, 7) is -0.950. The standard InChI is InChI=1S/C15H12ClN3O6/c16-8-3-1-7(2-4-8)10(21)9-11(22)12(23)19(5-6-20)15(9)13(24)17-14(25)18-15/h1-4,20-21H,5-6H2,(H2,17,18,24,25). The molecule has 25 heavy (non-hydrogen) atoms. The fourth-order valence-electron chi connectivity index (χ4n) is 2.89. The molecule has 0 bridgehead atoms. The molecule has 0 aromatic heterocycles. The highest BCUT2D eigenvalue weighted by Crippen LogP contribution is 2.37. The molecule has 0 radical (unpaired) electrons. The molecule has 2 heterocycles. The van der Waals surface area contributed by atoms with Crippen LogP contribution in [0.1, 0.15) is 5.56 Å². The number of urea groups is 1. The normalized spacial score (nSPS) is 24.8. The van der Waals surface area contributed by atoms with Crippen LogP contribution in [0, 0.1) is 0 Å². The number of Topliss-reactive ketones (excluding diaryl/α,β-unsaturated/α-hetero) is 1. The van der Waals surface area contributed by atoms with Crippen molar-refractivity contribution in [2.75, 3.05) is 13.2 Å². The Morgan fingerprint density at radius 2 is 1.80 bits per heavy atom. The van der Waals surface area contributed by atoms with E-state index in [0.29, 0.717) is 5.02 Å². The van der Waals surface area contributed by atoms with E-state index in [1.165, 1.54) is 24.3 Å². The van der Waals surface area contributed by atoms with Crippen LogP contribution >= 0.6 is 11.6 Å². The highest BCUT2D eigenvalue weighted by atomic mass is 35.5. The van der Waals surface area contributed by atoms with Crippen LogP contribution in [-0.4, -0.2) is 57.6 Å². The Morgan fingerprint density at radius 1 is 1.16 bits per heavy atom. The largest absolute Gasteiger partial charge is 0.507 e. The predicted octanol–water partition coefficient (Wildman–Crippen LogP) is -0.452. The van der Waals surface area contributed by atoms with E-state index in [-0.39, 0.29) is 5.56 Å². The molecule has 2 aliphatic heterocycles. The lowest BCUT2D eigenvalue weighted by Crippen LogP contribution is -2.59. The average molecular weight is 366 g/mol. The van der Waals surface area contributed by atoms with E-state index in [1.54, 1.807) is 0 Å². The van der Waals surface area contributed by atoms with Crippen LogP contribution in [0.4, 0.5) is 4.79 Å². The number of amides is 4. The summed E-state index contributed by atoms with van der Waals surface area (Å²) in [6.07, 6.45) is 0. The second kappa shape index (κ2) is 5.87. The Hall–Kier alpha value is -2.91. The number of hydrogen-bond acceptors (Lipinski definition) is 6. The zero-order valence-corrected chi connectivity index (χ0v) is 13.3. The van der Waals surface area contributed by atoms with Crippen LogP contribution in [0.2, 0.25) is 5.02 Å². The van der Waals surface area contributed by atoms with Gasteiger partial charge in [0.15, 0.2) is 0 Å². The summed E-state index contributed by atoms with van der Waals surface area (Å²) >= 11 is 5.78. The Kier molecular flexibility index (Phi) is 3.97. The first-order chi connectivity index (χ1) is 11.8. The molecule has 9 nitrogen and oxygen atoms in total. The summed E-state index contributed by atoms with van der Waals surface area (Å²) < 4.78 is 0. The molecule has 2 fully saturated rings.